The predicted molar refractivity (Wildman–Crippen MR) is 111 cm³/mol. The Kier molecular flexibility index (Phi) is 5.22. The number of aromatic nitrogens is 4. The number of aliphatic hydroxyl groups excluding tert-OH is 3. The van der Waals surface area contributed by atoms with Crippen LogP contribution in [0, 0.1) is 0 Å². The molecular formula is C21H25N5O5. The molecule has 1 aromatic carbocycles. The Morgan fingerprint density at radius 1 is 1.23 bits per heavy atom. The Morgan fingerprint density at radius 3 is 2.87 bits per heavy atom. The van der Waals surface area contributed by atoms with E-state index in [0.29, 0.717) is 17.0 Å². The third-order valence-corrected chi connectivity index (χ3v) is 6.13. The average molecular weight is 427 g/mol. The fourth-order valence-corrected chi connectivity index (χ4v) is 4.49. The van der Waals surface area contributed by atoms with Gasteiger partial charge in [0.25, 0.3) is 0 Å². The maximum Gasteiger partial charge on any atom is 0.167 e. The summed E-state index contributed by atoms with van der Waals surface area (Å²) in [5.41, 5.74) is 3.48. The monoisotopic (exact) mass is 427 g/mol. The number of anilines is 1. The summed E-state index contributed by atoms with van der Waals surface area (Å²) in [6.07, 6.45) is 1.78. The first kappa shape index (κ1) is 20.1. The molecule has 3 aromatic rings. The summed E-state index contributed by atoms with van der Waals surface area (Å²) in [6, 6.07) is 6.20. The molecule has 3 heterocycles. The third kappa shape index (κ3) is 3.41. The highest BCUT2D eigenvalue weighted by molar-refractivity contribution is 5.83. The Bertz CT molecular complexity index is 1090. The lowest BCUT2D eigenvalue weighted by Gasteiger charge is -2.27. The Morgan fingerprint density at radius 2 is 2.10 bits per heavy atom. The standard InChI is InChI=1S/C21H25N5O5/c1-30-12-5-6-13-11(7-12)3-2-4-14(13)25-19-16-20(23-9-22-19)26(10-24-16)21-18(29)17(28)15(8-27)31-21/h5-7,9-10,14-15,17-18,21,27-29H,2-4,8H2,1H3,(H,22,23,25)/t14?,15-,17?,18+,21-/m1/s1. The van der Waals surface area contributed by atoms with Gasteiger partial charge in [0.2, 0.25) is 0 Å². The van der Waals surface area contributed by atoms with Gasteiger partial charge in [-0.25, -0.2) is 15.0 Å². The van der Waals surface area contributed by atoms with E-state index in [1.165, 1.54) is 23.8 Å². The molecule has 31 heavy (non-hydrogen) atoms. The zero-order valence-electron chi connectivity index (χ0n) is 17.0. The molecule has 0 bridgehead atoms. The molecule has 0 amide bonds. The zero-order valence-corrected chi connectivity index (χ0v) is 17.0. The van der Waals surface area contributed by atoms with Gasteiger partial charge in [0.05, 0.1) is 26.1 Å². The summed E-state index contributed by atoms with van der Waals surface area (Å²) in [6.45, 7) is -0.394. The van der Waals surface area contributed by atoms with Crippen LogP contribution in [0.15, 0.2) is 30.9 Å². The van der Waals surface area contributed by atoms with Crippen LogP contribution in [-0.4, -0.2) is 66.9 Å². The molecule has 0 saturated carbocycles. The van der Waals surface area contributed by atoms with Gasteiger partial charge in [0, 0.05) is 0 Å². The van der Waals surface area contributed by atoms with E-state index in [4.69, 9.17) is 9.47 Å². The van der Waals surface area contributed by atoms with E-state index in [0.717, 1.165) is 25.0 Å². The molecule has 1 aliphatic carbocycles. The first-order chi connectivity index (χ1) is 15.1. The van der Waals surface area contributed by atoms with Crippen molar-refractivity contribution in [3.8, 4) is 5.75 Å². The second-order valence-electron chi connectivity index (χ2n) is 7.93. The third-order valence-electron chi connectivity index (χ3n) is 6.13. The quantitative estimate of drug-likeness (QED) is 0.469. The number of fused-ring (bicyclic) bond motifs is 2. The lowest BCUT2D eigenvalue weighted by atomic mass is 9.87. The van der Waals surface area contributed by atoms with E-state index in [1.807, 2.05) is 6.07 Å². The van der Waals surface area contributed by atoms with Gasteiger partial charge in [-0.3, -0.25) is 4.57 Å². The molecule has 1 saturated heterocycles. The lowest BCUT2D eigenvalue weighted by molar-refractivity contribution is -0.0511. The summed E-state index contributed by atoms with van der Waals surface area (Å²) in [7, 11) is 1.67. The number of ether oxygens (including phenoxy) is 2. The molecule has 164 valence electrons. The Labute approximate surface area is 178 Å². The van der Waals surface area contributed by atoms with Gasteiger partial charge in [0.1, 0.15) is 30.4 Å². The van der Waals surface area contributed by atoms with E-state index < -0.39 is 31.1 Å². The van der Waals surface area contributed by atoms with Gasteiger partial charge in [-0.15, -0.1) is 0 Å². The van der Waals surface area contributed by atoms with Crippen LogP contribution in [0.2, 0.25) is 0 Å². The molecule has 1 fully saturated rings. The first-order valence-electron chi connectivity index (χ1n) is 10.3. The SMILES string of the molecule is COc1ccc2c(c1)CCCC2Nc1ncnc2c1ncn2[C@@H]1O[C@H](CO)C(O)[C@@H]1O. The van der Waals surface area contributed by atoms with Gasteiger partial charge in [-0.1, -0.05) is 6.07 Å². The van der Waals surface area contributed by atoms with Gasteiger partial charge < -0.3 is 30.1 Å². The number of nitrogens with zero attached hydrogens (tertiary/aromatic N) is 4. The Balaban J connectivity index is 1.46. The van der Waals surface area contributed by atoms with Crippen molar-refractivity contribution in [3.05, 3.63) is 42.0 Å². The minimum Gasteiger partial charge on any atom is -0.497 e. The van der Waals surface area contributed by atoms with Gasteiger partial charge in [-0.05, 0) is 42.5 Å². The molecule has 5 rings (SSSR count). The summed E-state index contributed by atoms with van der Waals surface area (Å²) in [5, 5.41) is 33.3. The smallest absolute Gasteiger partial charge is 0.167 e. The number of benzene rings is 1. The molecule has 10 nitrogen and oxygen atoms in total. The molecule has 2 aromatic heterocycles. The van der Waals surface area contributed by atoms with Crippen molar-refractivity contribution in [2.24, 2.45) is 0 Å². The minimum absolute atomic E-state index is 0.0758. The topological polar surface area (TPSA) is 135 Å². The molecule has 0 radical (unpaired) electrons. The van der Waals surface area contributed by atoms with Gasteiger partial charge >= 0.3 is 0 Å². The van der Waals surface area contributed by atoms with Crippen LogP contribution in [0.25, 0.3) is 11.2 Å². The maximum absolute atomic E-state index is 10.4. The molecule has 2 aliphatic rings. The highest BCUT2D eigenvalue weighted by atomic mass is 16.6. The average Bonchev–Trinajstić information content (AvgIpc) is 3.35. The van der Waals surface area contributed by atoms with Gasteiger partial charge in [0.15, 0.2) is 23.2 Å². The summed E-state index contributed by atoms with van der Waals surface area (Å²) >= 11 is 0. The second kappa shape index (κ2) is 8.04. The molecule has 5 atom stereocenters. The van der Waals surface area contributed by atoms with Crippen molar-refractivity contribution >= 4 is 17.0 Å². The van der Waals surface area contributed by atoms with Crippen LogP contribution in [0.3, 0.4) is 0 Å². The minimum atomic E-state index is -1.21. The number of hydrogen-bond donors (Lipinski definition) is 4. The highest BCUT2D eigenvalue weighted by Crippen LogP contribution is 2.36. The second-order valence-corrected chi connectivity index (χ2v) is 7.93. The molecule has 2 unspecified atom stereocenters. The van der Waals surface area contributed by atoms with E-state index in [9.17, 15) is 15.3 Å². The number of hydrogen-bond acceptors (Lipinski definition) is 9. The van der Waals surface area contributed by atoms with E-state index in [2.05, 4.69) is 32.4 Å². The molecule has 10 heteroatoms. The summed E-state index contributed by atoms with van der Waals surface area (Å²) in [4.78, 5) is 13.2. The van der Waals surface area contributed by atoms with Crippen molar-refractivity contribution in [2.75, 3.05) is 19.0 Å². The van der Waals surface area contributed by atoms with Gasteiger partial charge in [-0.2, -0.15) is 0 Å². The fourth-order valence-electron chi connectivity index (χ4n) is 4.49. The zero-order chi connectivity index (χ0) is 21.5. The number of aliphatic hydroxyl groups is 3. The summed E-state index contributed by atoms with van der Waals surface area (Å²) < 4.78 is 12.5. The number of rotatable bonds is 5. The number of nitrogens with one attached hydrogen (secondary N) is 1. The van der Waals surface area contributed by atoms with E-state index in [1.54, 1.807) is 11.7 Å². The fraction of sp³-hybridized carbons (Fsp3) is 0.476. The van der Waals surface area contributed by atoms with Crippen LogP contribution in [0.4, 0.5) is 5.82 Å². The lowest BCUT2D eigenvalue weighted by Crippen LogP contribution is -2.33. The van der Waals surface area contributed by atoms with Crippen molar-refractivity contribution in [2.45, 2.75) is 49.8 Å². The largest absolute Gasteiger partial charge is 0.497 e. The summed E-state index contributed by atoms with van der Waals surface area (Å²) in [5.74, 6) is 1.44. The van der Waals surface area contributed by atoms with E-state index in [-0.39, 0.29) is 6.04 Å². The molecule has 4 N–H and O–H groups in total. The van der Waals surface area contributed by atoms with Crippen molar-refractivity contribution in [1.29, 1.82) is 0 Å². The van der Waals surface area contributed by atoms with Crippen LogP contribution in [-0.2, 0) is 11.2 Å². The van der Waals surface area contributed by atoms with Crippen LogP contribution in [0.5, 0.6) is 5.75 Å². The van der Waals surface area contributed by atoms with Crippen molar-refractivity contribution in [1.82, 2.24) is 19.5 Å². The molecule has 0 spiro atoms. The number of methoxy groups -OCH3 is 1. The normalized spacial score (nSPS) is 27.9. The Hall–Kier alpha value is -2.79. The van der Waals surface area contributed by atoms with Crippen molar-refractivity contribution in [3.63, 3.8) is 0 Å². The maximum atomic E-state index is 10.4. The number of aryl methyl sites for hydroxylation is 1. The predicted octanol–water partition coefficient (Wildman–Crippen LogP) is 0.936. The molecular weight excluding hydrogens is 402 g/mol. The highest BCUT2D eigenvalue weighted by Gasteiger charge is 2.44. The van der Waals surface area contributed by atoms with Crippen LogP contribution in [0.1, 0.15) is 36.2 Å². The van der Waals surface area contributed by atoms with Crippen LogP contribution < -0.4 is 10.1 Å². The van der Waals surface area contributed by atoms with E-state index >= 15 is 0 Å². The first-order valence-corrected chi connectivity index (χ1v) is 10.3. The van der Waals surface area contributed by atoms with Crippen molar-refractivity contribution < 1.29 is 24.8 Å². The number of imidazole rings is 1. The molecule has 1 aliphatic heterocycles. The van der Waals surface area contributed by atoms with Crippen LogP contribution >= 0.6 is 0 Å².